The van der Waals surface area contributed by atoms with Gasteiger partial charge in [0.1, 0.15) is 17.0 Å². The maximum atomic E-state index is 5.95. The Bertz CT molecular complexity index is 756. The highest BCUT2D eigenvalue weighted by molar-refractivity contribution is 5.72. The number of nitrogens with zero attached hydrogens (tertiary/aromatic N) is 2. The Morgan fingerprint density at radius 3 is 2.73 bits per heavy atom. The van der Waals surface area contributed by atoms with E-state index < -0.39 is 0 Å². The van der Waals surface area contributed by atoms with E-state index in [-0.39, 0.29) is 0 Å². The molecule has 1 fully saturated rings. The largest absolute Gasteiger partial charge is 0.464 e. The van der Waals surface area contributed by atoms with Gasteiger partial charge in [-0.3, -0.25) is 4.90 Å². The van der Waals surface area contributed by atoms with Crippen molar-refractivity contribution in [3.8, 4) is 0 Å². The Labute approximate surface area is 129 Å². The van der Waals surface area contributed by atoms with Crippen LogP contribution in [0.2, 0.25) is 0 Å². The SMILES string of the molecule is C[C@H]1C[C@@H]1c1ccc(CN(C)Cc2nc3ccccc3o2)o1. The molecular weight excluding hydrogens is 276 g/mol. The van der Waals surface area contributed by atoms with Gasteiger partial charge in [-0.2, -0.15) is 0 Å². The van der Waals surface area contributed by atoms with Crippen LogP contribution in [0.5, 0.6) is 0 Å². The lowest BCUT2D eigenvalue weighted by atomic mass is 10.3. The summed E-state index contributed by atoms with van der Waals surface area (Å²) in [5.74, 6) is 4.30. The van der Waals surface area contributed by atoms with Crippen molar-refractivity contribution < 1.29 is 8.83 Å². The Morgan fingerprint density at radius 1 is 1.14 bits per heavy atom. The van der Waals surface area contributed by atoms with Crippen LogP contribution in [0.25, 0.3) is 11.1 Å². The third-order valence-electron chi connectivity index (χ3n) is 4.33. The van der Waals surface area contributed by atoms with Crippen molar-refractivity contribution >= 4 is 11.1 Å². The summed E-state index contributed by atoms with van der Waals surface area (Å²) in [6.45, 7) is 3.70. The number of aromatic nitrogens is 1. The number of rotatable bonds is 5. The first-order valence-corrected chi connectivity index (χ1v) is 7.80. The fraction of sp³-hybridized carbons (Fsp3) is 0.389. The molecule has 2 atom stereocenters. The number of oxazole rings is 1. The quantitative estimate of drug-likeness (QED) is 0.708. The van der Waals surface area contributed by atoms with E-state index in [4.69, 9.17) is 8.83 Å². The Balaban J connectivity index is 1.41. The van der Waals surface area contributed by atoms with Crippen molar-refractivity contribution in [2.75, 3.05) is 7.05 Å². The van der Waals surface area contributed by atoms with E-state index in [0.717, 1.165) is 41.0 Å². The molecule has 4 nitrogen and oxygen atoms in total. The van der Waals surface area contributed by atoms with E-state index in [0.29, 0.717) is 12.5 Å². The monoisotopic (exact) mass is 296 g/mol. The third-order valence-corrected chi connectivity index (χ3v) is 4.33. The van der Waals surface area contributed by atoms with E-state index in [1.165, 1.54) is 6.42 Å². The molecule has 114 valence electrons. The van der Waals surface area contributed by atoms with E-state index in [1.54, 1.807) is 0 Å². The van der Waals surface area contributed by atoms with Crippen LogP contribution in [0, 0.1) is 5.92 Å². The fourth-order valence-electron chi connectivity index (χ4n) is 2.94. The second kappa shape index (κ2) is 5.29. The van der Waals surface area contributed by atoms with Crippen molar-refractivity contribution in [2.45, 2.75) is 32.4 Å². The number of fused-ring (bicyclic) bond motifs is 1. The molecule has 2 aromatic heterocycles. The molecule has 3 aromatic rings. The molecule has 2 heterocycles. The van der Waals surface area contributed by atoms with E-state index in [2.05, 4.69) is 36.0 Å². The first-order chi connectivity index (χ1) is 10.7. The van der Waals surface area contributed by atoms with Gasteiger partial charge in [0, 0.05) is 5.92 Å². The van der Waals surface area contributed by atoms with Gasteiger partial charge in [-0.25, -0.2) is 4.98 Å². The highest BCUT2D eigenvalue weighted by Crippen LogP contribution is 2.47. The third kappa shape index (κ3) is 2.66. The molecule has 0 aliphatic heterocycles. The summed E-state index contributed by atoms with van der Waals surface area (Å²) in [5.41, 5.74) is 1.75. The minimum absolute atomic E-state index is 0.635. The first kappa shape index (κ1) is 13.6. The summed E-state index contributed by atoms with van der Waals surface area (Å²) in [6, 6.07) is 12.1. The maximum Gasteiger partial charge on any atom is 0.209 e. The van der Waals surface area contributed by atoms with E-state index in [9.17, 15) is 0 Å². The van der Waals surface area contributed by atoms with Crippen molar-refractivity contribution in [3.05, 3.63) is 53.8 Å². The van der Waals surface area contributed by atoms with Crippen LogP contribution in [-0.2, 0) is 13.1 Å². The summed E-state index contributed by atoms with van der Waals surface area (Å²) in [4.78, 5) is 6.67. The molecule has 1 aromatic carbocycles. The highest BCUT2D eigenvalue weighted by Gasteiger charge is 2.36. The molecular formula is C18H20N2O2. The predicted molar refractivity (Wildman–Crippen MR) is 84.4 cm³/mol. The van der Waals surface area contributed by atoms with Crippen LogP contribution in [0.1, 0.15) is 36.7 Å². The van der Waals surface area contributed by atoms with Gasteiger partial charge in [0.15, 0.2) is 5.58 Å². The highest BCUT2D eigenvalue weighted by atomic mass is 16.4. The molecule has 1 aliphatic carbocycles. The fourth-order valence-corrected chi connectivity index (χ4v) is 2.94. The zero-order chi connectivity index (χ0) is 15.1. The molecule has 0 amide bonds. The lowest BCUT2D eigenvalue weighted by molar-refractivity contribution is 0.259. The van der Waals surface area contributed by atoms with Crippen LogP contribution >= 0.6 is 0 Å². The van der Waals surface area contributed by atoms with Crippen LogP contribution in [0.3, 0.4) is 0 Å². The zero-order valence-corrected chi connectivity index (χ0v) is 13.0. The standard InChI is InChI=1S/C18H20N2O2/c1-12-9-14(12)16-8-7-13(21-16)10-20(2)11-18-19-15-5-3-4-6-17(15)22-18/h3-8,12,14H,9-11H2,1-2H3/t12-,14-/m0/s1. The molecule has 0 bridgehead atoms. The number of para-hydroxylation sites is 2. The summed E-state index contributed by atoms with van der Waals surface area (Å²) >= 11 is 0. The summed E-state index contributed by atoms with van der Waals surface area (Å²) in [6.07, 6.45) is 1.26. The Morgan fingerprint density at radius 2 is 1.95 bits per heavy atom. The first-order valence-electron chi connectivity index (χ1n) is 7.80. The van der Waals surface area contributed by atoms with Gasteiger partial charge in [-0.05, 0) is 43.7 Å². The summed E-state index contributed by atoms with van der Waals surface area (Å²) in [7, 11) is 2.05. The van der Waals surface area contributed by atoms with Gasteiger partial charge in [-0.15, -0.1) is 0 Å². The minimum atomic E-state index is 0.635. The second-order valence-electron chi connectivity index (χ2n) is 6.37. The normalized spacial score (nSPS) is 20.9. The molecule has 0 unspecified atom stereocenters. The molecule has 0 N–H and O–H groups in total. The van der Waals surface area contributed by atoms with Crippen LogP contribution in [-0.4, -0.2) is 16.9 Å². The minimum Gasteiger partial charge on any atom is -0.464 e. The zero-order valence-electron chi connectivity index (χ0n) is 13.0. The van der Waals surface area contributed by atoms with Crippen LogP contribution in [0.15, 0.2) is 45.2 Å². The second-order valence-corrected chi connectivity index (χ2v) is 6.37. The Kier molecular flexibility index (Phi) is 3.26. The topological polar surface area (TPSA) is 42.4 Å². The summed E-state index contributed by atoms with van der Waals surface area (Å²) < 4.78 is 11.7. The number of hydrogen-bond donors (Lipinski definition) is 0. The van der Waals surface area contributed by atoms with Gasteiger partial charge >= 0.3 is 0 Å². The number of furan rings is 1. The molecule has 1 aliphatic rings. The molecule has 0 saturated heterocycles. The molecule has 0 spiro atoms. The molecule has 4 heteroatoms. The van der Waals surface area contributed by atoms with E-state index >= 15 is 0 Å². The van der Waals surface area contributed by atoms with Crippen molar-refractivity contribution in [2.24, 2.45) is 5.92 Å². The van der Waals surface area contributed by atoms with Gasteiger partial charge in [0.05, 0.1) is 13.1 Å². The average Bonchev–Trinajstić information content (AvgIpc) is 2.89. The maximum absolute atomic E-state index is 5.95. The van der Waals surface area contributed by atoms with Crippen molar-refractivity contribution in [3.63, 3.8) is 0 Å². The predicted octanol–water partition coefficient (Wildman–Crippen LogP) is 4.18. The van der Waals surface area contributed by atoms with E-state index in [1.807, 2.05) is 24.3 Å². The lowest BCUT2D eigenvalue weighted by Gasteiger charge is -2.12. The van der Waals surface area contributed by atoms with Crippen LogP contribution < -0.4 is 0 Å². The van der Waals surface area contributed by atoms with Crippen LogP contribution in [0.4, 0.5) is 0 Å². The van der Waals surface area contributed by atoms with Gasteiger partial charge in [0.25, 0.3) is 0 Å². The van der Waals surface area contributed by atoms with Gasteiger partial charge < -0.3 is 8.83 Å². The summed E-state index contributed by atoms with van der Waals surface area (Å²) in [5, 5.41) is 0. The Hall–Kier alpha value is -2.07. The number of hydrogen-bond acceptors (Lipinski definition) is 4. The van der Waals surface area contributed by atoms with Gasteiger partial charge in [0.2, 0.25) is 5.89 Å². The van der Waals surface area contributed by atoms with Gasteiger partial charge in [-0.1, -0.05) is 19.1 Å². The molecule has 22 heavy (non-hydrogen) atoms. The number of benzene rings is 1. The molecule has 0 radical (unpaired) electrons. The average molecular weight is 296 g/mol. The van der Waals surface area contributed by atoms with Crippen molar-refractivity contribution in [1.82, 2.24) is 9.88 Å². The molecule has 1 saturated carbocycles. The molecule has 4 rings (SSSR count). The lowest BCUT2D eigenvalue weighted by Crippen LogP contribution is -2.17. The smallest absolute Gasteiger partial charge is 0.209 e. The van der Waals surface area contributed by atoms with Crippen molar-refractivity contribution in [1.29, 1.82) is 0 Å².